The van der Waals surface area contributed by atoms with E-state index in [4.69, 9.17) is 9.47 Å². The van der Waals surface area contributed by atoms with Crippen molar-refractivity contribution in [2.45, 2.75) is 38.7 Å². The number of thiophene rings is 1. The zero-order chi connectivity index (χ0) is 26.1. The van der Waals surface area contributed by atoms with Crippen molar-refractivity contribution in [1.82, 2.24) is 9.97 Å². The van der Waals surface area contributed by atoms with Crippen molar-refractivity contribution in [2.75, 3.05) is 19.0 Å². The van der Waals surface area contributed by atoms with E-state index in [-0.39, 0.29) is 17.7 Å². The SMILES string of the molecule is COc1ccc(F)c2c(CCNc3cc(-c4cc(F)c(C(=O)O)c(OC5CCC5)c4)ncn3)c(C)sc12. The molecule has 1 aliphatic rings. The number of carbonyl (C=O) groups is 1. The summed E-state index contributed by atoms with van der Waals surface area (Å²) in [7, 11) is 1.57. The van der Waals surface area contributed by atoms with Gasteiger partial charge in [0.1, 0.15) is 40.8 Å². The summed E-state index contributed by atoms with van der Waals surface area (Å²) in [5.41, 5.74) is 1.23. The zero-order valence-corrected chi connectivity index (χ0v) is 21.1. The van der Waals surface area contributed by atoms with Crippen molar-refractivity contribution in [3.05, 3.63) is 64.3 Å². The van der Waals surface area contributed by atoms with Gasteiger partial charge in [-0.3, -0.25) is 0 Å². The van der Waals surface area contributed by atoms with Crippen LogP contribution in [-0.2, 0) is 6.42 Å². The van der Waals surface area contributed by atoms with Crippen molar-refractivity contribution in [3.8, 4) is 22.8 Å². The van der Waals surface area contributed by atoms with Gasteiger partial charge < -0.3 is 19.9 Å². The van der Waals surface area contributed by atoms with Crippen molar-refractivity contribution < 1.29 is 28.2 Å². The molecule has 2 heterocycles. The fourth-order valence-electron chi connectivity index (χ4n) is 4.40. The Hall–Kier alpha value is -3.79. The standard InChI is InChI=1S/C27H25F2N3O4S/c1-14-17(24-18(28)6-7-21(35-2)26(24)37-14)8-9-30-23-12-20(31-13-32-23)15-10-19(29)25(27(33)34)22(11-15)36-16-4-3-5-16/h6-7,10-13,16H,3-5,8-9H2,1-2H3,(H,33,34)(H,30,31,32). The number of aryl methyl sites for hydroxylation is 1. The smallest absolute Gasteiger partial charge is 0.342 e. The minimum Gasteiger partial charge on any atom is -0.495 e. The number of carboxylic acid groups (broad SMARTS) is 1. The lowest BCUT2D eigenvalue weighted by Gasteiger charge is -2.27. The van der Waals surface area contributed by atoms with E-state index in [0.29, 0.717) is 41.2 Å². The van der Waals surface area contributed by atoms with Crippen LogP contribution in [0, 0.1) is 18.6 Å². The van der Waals surface area contributed by atoms with Gasteiger partial charge >= 0.3 is 5.97 Å². The molecular formula is C27H25F2N3O4S. The molecule has 0 aliphatic heterocycles. The highest BCUT2D eigenvalue weighted by Crippen LogP contribution is 2.39. The summed E-state index contributed by atoms with van der Waals surface area (Å²) in [6, 6.07) is 7.35. The molecule has 7 nitrogen and oxygen atoms in total. The van der Waals surface area contributed by atoms with Gasteiger partial charge in [0.05, 0.1) is 23.6 Å². The highest BCUT2D eigenvalue weighted by atomic mass is 32.1. The number of rotatable bonds is 9. The molecule has 0 radical (unpaired) electrons. The van der Waals surface area contributed by atoms with Gasteiger partial charge in [-0.15, -0.1) is 11.3 Å². The van der Waals surface area contributed by atoms with Crippen molar-refractivity contribution in [1.29, 1.82) is 0 Å². The Labute approximate surface area is 216 Å². The molecule has 5 rings (SSSR count). The maximum absolute atomic E-state index is 14.8. The third-order valence-electron chi connectivity index (χ3n) is 6.53. The molecule has 0 bridgehead atoms. The molecule has 37 heavy (non-hydrogen) atoms. The first-order valence-corrected chi connectivity index (χ1v) is 12.7. The van der Waals surface area contributed by atoms with Crippen LogP contribution in [0.2, 0.25) is 0 Å². The van der Waals surface area contributed by atoms with Gasteiger partial charge in [-0.2, -0.15) is 0 Å². The van der Waals surface area contributed by atoms with E-state index in [0.717, 1.165) is 40.5 Å². The fraction of sp³-hybridized carbons (Fsp3) is 0.296. The molecule has 0 saturated heterocycles. The predicted octanol–water partition coefficient (Wildman–Crippen LogP) is 6.24. The number of anilines is 1. The van der Waals surface area contributed by atoms with E-state index < -0.39 is 17.3 Å². The number of methoxy groups -OCH3 is 1. The van der Waals surface area contributed by atoms with Gasteiger partial charge in [0, 0.05) is 28.4 Å². The lowest BCUT2D eigenvalue weighted by molar-refractivity contribution is 0.0673. The summed E-state index contributed by atoms with van der Waals surface area (Å²) in [4.78, 5) is 21.1. The maximum atomic E-state index is 14.8. The third kappa shape index (κ3) is 4.93. The second-order valence-corrected chi connectivity index (χ2v) is 10.1. The van der Waals surface area contributed by atoms with Crippen molar-refractivity contribution in [3.63, 3.8) is 0 Å². The Morgan fingerprint density at radius 1 is 1.16 bits per heavy atom. The first-order valence-electron chi connectivity index (χ1n) is 11.9. The number of hydrogen-bond donors (Lipinski definition) is 2. The molecule has 4 aromatic rings. The molecule has 1 saturated carbocycles. The second kappa shape index (κ2) is 10.3. The minimum absolute atomic E-state index is 0.00223. The number of nitrogens with one attached hydrogen (secondary N) is 1. The fourth-order valence-corrected chi connectivity index (χ4v) is 5.61. The van der Waals surface area contributed by atoms with E-state index >= 15 is 0 Å². The number of carboxylic acids is 1. The predicted molar refractivity (Wildman–Crippen MR) is 138 cm³/mol. The van der Waals surface area contributed by atoms with E-state index in [1.165, 1.54) is 29.8 Å². The van der Waals surface area contributed by atoms with E-state index in [1.807, 2.05) is 6.92 Å². The van der Waals surface area contributed by atoms with Crippen LogP contribution in [0.15, 0.2) is 36.7 Å². The van der Waals surface area contributed by atoms with Crippen LogP contribution >= 0.6 is 11.3 Å². The average Bonchev–Trinajstić information content (AvgIpc) is 3.18. The molecule has 0 amide bonds. The van der Waals surface area contributed by atoms with Crippen LogP contribution in [0.5, 0.6) is 11.5 Å². The van der Waals surface area contributed by atoms with Gasteiger partial charge in [-0.05, 0) is 62.4 Å². The summed E-state index contributed by atoms with van der Waals surface area (Å²) in [5, 5.41) is 13.3. The van der Waals surface area contributed by atoms with E-state index in [2.05, 4.69) is 15.3 Å². The monoisotopic (exact) mass is 525 g/mol. The molecule has 1 aliphatic carbocycles. The topological polar surface area (TPSA) is 93.6 Å². The Balaban J connectivity index is 1.36. The zero-order valence-electron chi connectivity index (χ0n) is 20.3. The molecule has 2 N–H and O–H groups in total. The van der Waals surface area contributed by atoms with Crippen molar-refractivity contribution in [2.24, 2.45) is 0 Å². The van der Waals surface area contributed by atoms with Crippen molar-refractivity contribution >= 4 is 33.2 Å². The lowest BCUT2D eigenvalue weighted by atomic mass is 9.96. The normalized spacial score (nSPS) is 13.4. The number of aromatic carboxylic acids is 1. The highest BCUT2D eigenvalue weighted by Gasteiger charge is 2.25. The maximum Gasteiger partial charge on any atom is 0.342 e. The molecule has 10 heteroatoms. The molecule has 0 atom stereocenters. The molecule has 0 unspecified atom stereocenters. The number of aromatic nitrogens is 2. The van der Waals surface area contributed by atoms with Gasteiger partial charge in [0.2, 0.25) is 0 Å². The Morgan fingerprint density at radius 3 is 2.68 bits per heavy atom. The van der Waals surface area contributed by atoms with Gasteiger partial charge in [0.15, 0.2) is 0 Å². The molecular weight excluding hydrogens is 500 g/mol. The minimum atomic E-state index is -1.38. The quantitative estimate of drug-likeness (QED) is 0.267. The molecule has 192 valence electrons. The van der Waals surface area contributed by atoms with Gasteiger partial charge in [-0.1, -0.05) is 0 Å². The first kappa shape index (κ1) is 24.9. The van der Waals surface area contributed by atoms with Crippen LogP contribution in [-0.4, -0.2) is 40.8 Å². The second-order valence-electron chi connectivity index (χ2n) is 8.86. The summed E-state index contributed by atoms with van der Waals surface area (Å²) < 4.78 is 41.4. The average molecular weight is 526 g/mol. The van der Waals surface area contributed by atoms with Gasteiger partial charge in [-0.25, -0.2) is 23.5 Å². The number of ether oxygens (including phenoxy) is 2. The Kier molecular flexibility index (Phi) is 6.92. The molecule has 0 spiro atoms. The number of halogens is 2. The summed E-state index contributed by atoms with van der Waals surface area (Å²) >= 11 is 1.50. The van der Waals surface area contributed by atoms with Crippen LogP contribution < -0.4 is 14.8 Å². The largest absolute Gasteiger partial charge is 0.495 e. The first-order chi connectivity index (χ1) is 17.9. The van der Waals surface area contributed by atoms with Crippen LogP contribution in [0.1, 0.15) is 40.1 Å². The number of hydrogen-bond acceptors (Lipinski definition) is 7. The molecule has 1 fully saturated rings. The Morgan fingerprint density at radius 2 is 1.97 bits per heavy atom. The molecule has 2 aromatic carbocycles. The molecule has 2 aromatic heterocycles. The van der Waals surface area contributed by atoms with Crippen LogP contribution in [0.4, 0.5) is 14.6 Å². The summed E-state index contributed by atoms with van der Waals surface area (Å²) in [6.07, 6.45) is 4.40. The van der Waals surface area contributed by atoms with E-state index in [1.54, 1.807) is 19.2 Å². The highest BCUT2D eigenvalue weighted by molar-refractivity contribution is 7.19. The lowest BCUT2D eigenvalue weighted by Crippen LogP contribution is -2.25. The summed E-state index contributed by atoms with van der Waals surface area (Å²) in [6.45, 7) is 2.43. The van der Waals surface area contributed by atoms with Gasteiger partial charge in [0.25, 0.3) is 0 Å². The number of benzene rings is 2. The van der Waals surface area contributed by atoms with E-state index in [9.17, 15) is 18.7 Å². The van der Waals surface area contributed by atoms with Crippen LogP contribution in [0.25, 0.3) is 21.3 Å². The number of nitrogens with zero attached hydrogens (tertiary/aromatic N) is 2. The summed E-state index contributed by atoms with van der Waals surface area (Å²) in [5.74, 6) is -1.40. The van der Waals surface area contributed by atoms with Crippen LogP contribution in [0.3, 0.4) is 0 Å². The third-order valence-corrected chi connectivity index (χ3v) is 7.69. The Bertz CT molecular complexity index is 1490. The number of fused-ring (bicyclic) bond motifs is 1.